The van der Waals surface area contributed by atoms with Crippen LogP contribution in [0.5, 0.6) is 0 Å². The first kappa shape index (κ1) is 12.3. The number of aromatic amines is 1. The highest BCUT2D eigenvalue weighted by molar-refractivity contribution is 7.71. The van der Waals surface area contributed by atoms with Crippen LogP contribution in [0, 0.1) is 11.7 Å². The lowest BCUT2D eigenvalue weighted by atomic mass is 10.3. The summed E-state index contributed by atoms with van der Waals surface area (Å²) in [5.41, 5.74) is 3.07. The van der Waals surface area contributed by atoms with E-state index in [1.165, 1.54) is 0 Å². The molecule has 0 saturated heterocycles. The van der Waals surface area contributed by atoms with Crippen molar-refractivity contribution in [2.45, 2.75) is 26.8 Å². The minimum absolute atomic E-state index is 0.731. The maximum Gasteiger partial charge on any atom is 0.179 e. The zero-order valence-corrected chi connectivity index (χ0v) is 11.0. The molecule has 2 aromatic rings. The molecule has 2 rings (SSSR count). The molecule has 2 aromatic heterocycles. The molecule has 5 heteroatoms. The molecule has 1 N–H and O–H groups in total. The molecule has 0 bridgehead atoms. The van der Waals surface area contributed by atoms with E-state index < -0.39 is 0 Å². The van der Waals surface area contributed by atoms with Gasteiger partial charge in [-0.25, -0.2) is 4.98 Å². The van der Waals surface area contributed by atoms with Crippen LogP contribution >= 0.6 is 12.2 Å². The van der Waals surface area contributed by atoms with E-state index in [4.69, 9.17) is 17.0 Å². The predicted octanol–water partition coefficient (Wildman–Crippen LogP) is 2.83. The second-order valence-electron chi connectivity index (χ2n) is 4.02. The molecular formula is C12H17N3OS. The summed E-state index contributed by atoms with van der Waals surface area (Å²) in [6, 6.07) is 2.07. The molecule has 2 heterocycles. The first-order chi connectivity index (χ1) is 8.22. The Morgan fingerprint density at radius 1 is 1.53 bits per heavy atom. The summed E-state index contributed by atoms with van der Waals surface area (Å²) in [7, 11) is 0. The quantitative estimate of drug-likeness (QED) is 0.656. The molecule has 0 unspecified atom stereocenters. The van der Waals surface area contributed by atoms with Gasteiger partial charge in [-0.15, -0.1) is 0 Å². The number of aromatic nitrogens is 3. The van der Waals surface area contributed by atoms with Crippen molar-refractivity contribution < 1.29 is 4.74 Å². The smallest absolute Gasteiger partial charge is 0.179 e. The molecule has 17 heavy (non-hydrogen) atoms. The third-order valence-electron chi connectivity index (χ3n) is 2.62. The number of aryl methyl sites for hydroxylation is 2. The van der Waals surface area contributed by atoms with E-state index in [0.29, 0.717) is 0 Å². The van der Waals surface area contributed by atoms with Gasteiger partial charge in [-0.05, 0) is 44.1 Å². The molecule has 4 nitrogen and oxygen atoms in total. The van der Waals surface area contributed by atoms with E-state index in [1.807, 2.05) is 24.6 Å². The topological polar surface area (TPSA) is 42.8 Å². The van der Waals surface area contributed by atoms with Crippen molar-refractivity contribution in [1.29, 1.82) is 0 Å². The van der Waals surface area contributed by atoms with Crippen LogP contribution in [-0.4, -0.2) is 27.7 Å². The summed E-state index contributed by atoms with van der Waals surface area (Å²) in [5.74, 6) is 0. The Morgan fingerprint density at radius 3 is 3.12 bits per heavy atom. The van der Waals surface area contributed by atoms with Gasteiger partial charge in [0.1, 0.15) is 0 Å². The zero-order chi connectivity index (χ0) is 12.3. The highest BCUT2D eigenvalue weighted by Crippen LogP contribution is 2.13. The van der Waals surface area contributed by atoms with Gasteiger partial charge in [-0.3, -0.25) is 0 Å². The van der Waals surface area contributed by atoms with Crippen molar-refractivity contribution in [3.63, 3.8) is 0 Å². The predicted molar refractivity (Wildman–Crippen MR) is 70.8 cm³/mol. The molecule has 0 atom stereocenters. The summed E-state index contributed by atoms with van der Waals surface area (Å²) >= 11 is 5.30. The average Bonchev–Trinajstić information content (AvgIpc) is 2.60. The van der Waals surface area contributed by atoms with Crippen LogP contribution in [0.25, 0.3) is 11.2 Å². The normalized spacial score (nSPS) is 11.2. The Morgan fingerprint density at radius 2 is 2.35 bits per heavy atom. The van der Waals surface area contributed by atoms with Gasteiger partial charge >= 0.3 is 0 Å². The summed E-state index contributed by atoms with van der Waals surface area (Å²) < 4.78 is 8.09. The highest BCUT2D eigenvalue weighted by atomic mass is 32.1. The van der Waals surface area contributed by atoms with Crippen molar-refractivity contribution in [3.8, 4) is 0 Å². The third kappa shape index (κ3) is 2.73. The Kier molecular flexibility index (Phi) is 3.91. The fraction of sp³-hybridized carbons (Fsp3) is 0.500. The molecule has 0 saturated carbocycles. The Bertz CT molecular complexity index is 558. The molecule has 0 amide bonds. The summed E-state index contributed by atoms with van der Waals surface area (Å²) in [6.45, 7) is 6.39. The lowest BCUT2D eigenvalue weighted by Crippen LogP contribution is -2.03. The lowest BCUT2D eigenvalue weighted by Gasteiger charge is -2.04. The number of nitrogens with zero attached hydrogens (tertiary/aromatic N) is 2. The first-order valence-electron chi connectivity index (χ1n) is 5.85. The summed E-state index contributed by atoms with van der Waals surface area (Å²) in [5, 5.41) is 0. The number of rotatable bonds is 5. The highest BCUT2D eigenvalue weighted by Gasteiger charge is 2.05. The molecule has 0 aromatic carbocycles. The van der Waals surface area contributed by atoms with Gasteiger partial charge in [-0.2, -0.15) is 0 Å². The van der Waals surface area contributed by atoms with Crippen LogP contribution in [0.3, 0.4) is 0 Å². The Hall–Kier alpha value is -1.20. The molecule has 0 fully saturated rings. The van der Waals surface area contributed by atoms with Crippen LogP contribution in [0.1, 0.15) is 18.9 Å². The van der Waals surface area contributed by atoms with Gasteiger partial charge in [0.05, 0.1) is 5.52 Å². The largest absolute Gasteiger partial charge is 0.382 e. The standard InChI is InChI=1S/C12H17N3OS/c1-3-16-6-4-5-15-11-10(14-12(15)17)7-9(2)8-13-11/h7-8H,3-6H2,1-2H3,(H,14,17). The minimum Gasteiger partial charge on any atom is -0.382 e. The van der Waals surface area contributed by atoms with E-state index in [-0.39, 0.29) is 0 Å². The summed E-state index contributed by atoms with van der Waals surface area (Å²) in [6.07, 6.45) is 2.81. The van der Waals surface area contributed by atoms with Crippen LogP contribution in [-0.2, 0) is 11.3 Å². The van der Waals surface area contributed by atoms with E-state index in [0.717, 1.165) is 47.7 Å². The Labute approximate surface area is 106 Å². The lowest BCUT2D eigenvalue weighted by molar-refractivity contribution is 0.142. The van der Waals surface area contributed by atoms with Crippen molar-refractivity contribution in [1.82, 2.24) is 14.5 Å². The van der Waals surface area contributed by atoms with Crippen LogP contribution in [0.4, 0.5) is 0 Å². The molecule has 92 valence electrons. The molecule has 0 radical (unpaired) electrons. The number of H-pyrrole nitrogens is 1. The molecular weight excluding hydrogens is 234 g/mol. The van der Waals surface area contributed by atoms with E-state index in [2.05, 4.69) is 16.0 Å². The third-order valence-corrected chi connectivity index (χ3v) is 2.94. The second-order valence-corrected chi connectivity index (χ2v) is 4.40. The number of nitrogens with one attached hydrogen (secondary N) is 1. The number of hydrogen-bond donors (Lipinski definition) is 1. The second kappa shape index (κ2) is 5.42. The first-order valence-corrected chi connectivity index (χ1v) is 6.26. The van der Waals surface area contributed by atoms with Crippen LogP contribution in [0.2, 0.25) is 0 Å². The number of pyridine rings is 1. The van der Waals surface area contributed by atoms with Gasteiger partial charge in [0.15, 0.2) is 10.4 Å². The number of ether oxygens (including phenoxy) is 1. The summed E-state index contributed by atoms with van der Waals surface area (Å²) in [4.78, 5) is 7.61. The number of imidazole rings is 1. The maximum absolute atomic E-state index is 5.32. The zero-order valence-electron chi connectivity index (χ0n) is 10.2. The van der Waals surface area contributed by atoms with Gasteiger partial charge in [0.2, 0.25) is 0 Å². The van der Waals surface area contributed by atoms with E-state index in [9.17, 15) is 0 Å². The monoisotopic (exact) mass is 251 g/mol. The maximum atomic E-state index is 5.32. The fourth-order valence-electron chi connectivity index (χ4n) is 1.82. The van der Waals surface area contributed by atoms with Crippen molar-refractivity contribution in [3.05, 3.63) is 22.6 Å². The molecule has 0 aliphatic carbocycles. The van der Waals surface area contributed by atoms with E-state index in [1.54, 1.807) is 0 Å². The van der Waals surface area contributed by atoms with Gasteiger partial charge < -0.3 is 14.3 Å². The number of hydrogen-bond acceptors (Lipinski definition) is 3. The van der Waals surface area contributed by atoms with Crippen molar-refractivity contribution >= 4 is 23.4 Å². The van der Waals surface area contributed by atoms with E-state index >= 15 is 0 Å². The van der Waals surface area contributed by atoms with Crippen LogP contribution in [0.15, 0.2) is 12.3 Å². The van der Waals surface area contributed by atoms with Gasteiger partial charge in [-0.1, -0.05) is 0 Å². The minimum atomic E-state index is 0.731. The van der Waals surface area contributed by atoms with Gasteiger partial charge in [0, 0.05) is 26.0 Å². The van der Waals surface area contributed by atoms with Gasteiger partial charge in [0.25, 0.3) is 0 Å². The molecule has 0 spiro atoms. The van der Waals surface area contributed by atoms with Crippen molar-refractivity contribution in [2.24, 2.45) is 0 Å². The SMILES string of the molecule is CCOCCCn1c(=S)[nH]c2cc(C)cnc21. The van der Waals surface area contributed by atoms with Crippen molar-refractivity contribution in [2.75, 3.05) is 13.2 Å². The molecule has 0 aliphatic rings. The number of fused-ring (bicyclic) bond motifs is 1. The average molecular weight is 251 g/mol. The molecule has 0 aliphatic heterocycles. The van der Waals surface area contributed by atoms with Crippen LogP contribution < -0.4 is 0 Å². The fourth-order valence-corrected chi connectivity index (χ4v) is 2.11. The Balaban J connectivity index is 2.21.